The monoisotopic (exact) mass is 430 g/mol. The van der Waals surface area contributed by atoms with E-state index < -0.39 is 12.3 Å². The van der Waals surface area contributed by atoms with E-state index in [1.165, 1.54) is 32.0 Å². The van der Waals surface area contributed by atoms with Crippen molar-refractivity contribution in [2.45, 2.75) is 83.5 Å². The van der Waals surface area contributed by atoms with Gasteiger partial charge in [-0.1, -0.05) is 39.2 Å². The number of hydrazine groups is 1. The Bertz CT molecular complexity index is 750. The molecule has 0 bridgehead atoms. The summed E-state index contributed by atoms with van der Waals surface area (Å²) in [5.74, 6) is 2.10. The predicted octanol–water partition coefficient (Wildman–Crippen LogP) is 1.91. The van der Waals surface area contributed by atoms with E-state index in [2.05, 4.69) is 45.7 Å². The highest BCUT2D eigenvalue weighted by molar-refractivity contribution is 5.88. The molecular weight excluding hydrogens is 392 g/mol. The lowest BCUT2D eigenvalue weighted by atomic mass is 9.69. The van der Waals surface area contributed by atoms with Crippen molar-refractivity contribution in [2.24, 2.45) is 39.4 Å². The molecule has 7 unspecified atom stereocenters. The smallest absolute Gasteiger partial charge is 0.231 e. The van der Waals surface area contributed by atoms with Crippen molar-refractivity contribution < 1.29 is 9.90 Å². The van der Waals surface area contributed by atoms with Gasteiger partial charge in [-0.25, -0.2) is 15.8 Å². The number of rotatable bonds is 5. The highest BCUT2D eigenvalue weighted by Crippen LogP contribution is 2.43. The normalized spacial score (nSPS) is 38.9. The van der Waals surface area contributed by atoms with Gasteiger partial charge in [0.25, 0.3) is 0 Å². The molecule has 0 aromatic carbocycles. The van der Waals surface area contributed by atoms with E-state index in [-0.39, 0.29) is 18.4 Å². The van der Waals surface area contributed by atoms with Crippen molar-refractivity contribution in [1.82, 2.24) is 15.8 Å². The van der Waals surface area contributed by atoms with E-state index in [1.54, 1.807) is 0 Å². The summed E-state index contributed by atoms with van der Waals surface area (Å²) < 4.78 is 0. The van der Waals surface area contributed by atoms with Crippen molar-refractivity contribution in [3.8, 4) is 0 Å². The van der Waals surface area contributed by atoms with Gasteiger partial charge in [0.1, 0.15) is 18.3 Å². The van der Waals surface area contributed by atoms with Gasteiger partial charge in [0, 0.05) is 24.1 Å². The number of aliphatic imine (C=N–C) groups is 2. The molecule has 4 aliphatic rings. The molecule has 8 heteroatoms. The van der Waals surface area contributed by atoms with Crippen LogP contribution in [0.4, 0.5) is 0 Å². The summed E-state index contributed by atoms with van der Waals surface area (Å²) in [6.07, 6.45) is 10.8. The molecule has 0 aromatic heterocycles. The molecule has 2 saturated carbocycles. The molecule has 2 aliphatic heterocycles. The molecule has 4 rings (SSSR count). The Labute approximate surface area is 185 Å². The number of fused-ring (bicyclic) bond motifs is 1. The van der Waals surface area contributed by atoms with Crippen molar-refractivity contribution >= 4 is 18.1 Å². The average molecular weight is 431 g/mol. The molecule has 0 aromatic rings. The third kappa shape index (κ3) is 4.86. The molecule has 31 heavy (non-hydrogen) atoms. The maximum absolute atomic E-state index is 13.8. The molecule has 2 fully saturated rings. The van der Waals surface area contributed by atoms with Crippen LogP contribution in [0.5, 0.6) is 0 Å². The SMILES string of the molecule is CC1CCCC2C=C(CNNC3N=CN=C(N)CC3O)N(C3CCCCC3C)C(=O)C12. The molecule has 1 amide bonds. The van der Waals surface area contributed by atoms with Gasteiger partial charge in [-0.2, -0.15) is 0 Å². The quantitative estimate of drug-likeness (QED) is 0.498. The number of aliphatic hydroxyl groups excluding tert-OH is 1. The van der Waals surface area contributed by atoms with E-state index in [4.69, 9.17) is 5.73 Å². The van der Waals surface area contributed by atoms with Crippen molar-refractivity contribution in [3.63, 3.8) is 0 Å². The summed E-state index contributed by atoms with van der Waals surface area (Å²) in [5.41, 5.74) is 13.1. The van der Waals surface area contributed by atoms with Gasteiger partial charge in [-0.15, -0.1) is 0 Å². The lowest BCUT2D eigenvalue weighted by molar-refractivity contribution is -0.143. The van der Waals surface area contributed by atoms with E-state index in [1.807, 2.05) is 0 Å². The van der Waals surface area contributed by atoms with Gasteiger partial charge >= 0.3 is 0 Å². The summed E-state index contributed by atoms with van der Waals surface area (Å²) in [5, 5.41) is 10.3. The predicted molar refractivity (Wildman–Crippen MR) is 122 cm³/mol. The molecule has 0 spiro atoms. The third-order valence-electron chi connectivity index (χ3n) is 7.66. The Morgan fingerprint density at radius 1 is 1.16 bits per heavy atom. The Morgan fingerprint density at radius 3 is 2.74 bits per heavy atom. The maximum atomic E-state index is 13.8. The van der Waals surface area contributed by atoms with Gasteiger partial charge in [-0.05, 0) is 43.4 Å². The summed E-state index contributed by atoms with van der Waals surface area (Å²) in [6.45, 7) is 5.05. The second-order valence-corrected chi connectivity index (χ2v) is 9.89. The summed E-state index contributed by atoms with van der Waals surface area (Å²) in [6, 6.07) is 0.277. The Hall–Kier alpha value is -1.77. The molecule has 2 aliphatic carbocycles. The van der Waals surface area contributed by atoms with E-state index in [0.717, 1.165) is 25.0 Å². The van der Waals surface area contributed by atoms with Crippen LogP contribution < -0.4 is 16.6 Å². The van der Waals surface area contributed by atoms with Crippen LogP contribution in [-0.2, 0) is 4.79 Å². The molecule has 2 heterocycles. The van der Waals surface area contributed by atoms with Crippen molar-refractivity contribution in [1.29, 1.82) is 0 Å². The van der Waals surface area contributed by atoms with Crippen LogP contribution in [-0.4, -0.2) is 52.9 Å². The Morgan fingerprint density at radius 2 is 1.94 bits per heavy atom. The molecule has 7 atom stereocenters. The zero-order chi connectivity index (χ0) is 22.0. The largest absolute Gasteiger partial charge is 0.389 e. The molecule has 8 nitrogen and oxygen atoms in total. The summed E-state index contributed by atoms with van der Waals surface area (Å²) in [7, 11) is 0. The number of aliphatic hydroxyl groups is 1. The van der Waals surface area contributed by atoms with E-state index >= 15 is 0 Å². The number of amides is 1. The first kappa shape index (κ1) is 22.4. The number of hydrogen-bond acceptors (Lipinski definition) is 7. The number of nitrogens with one attached hydrogen (secondary N) is 2. The first-order valence-electron chi connectivity index (χ1n) is 12.0. The first-order valence-corrected chi connectivity index (χ1v) is 12.0. The van der Waals surface area contributed by atoms with Gasteiger partial charge in [-0.3, -0.25) is 9.79 Å². The van der Waals surface area contributed by atoms with Gasteiger partial charge in [0.05, 0.1) is 12.6 Å². The topological polar surface area (TPSA) is 115 Å². The lowest BCUT2D eigenvalue weighted by Gasteiger charge is -2.48. The van der Waals surface area contributed by atoms with E-state index in [9.17, 15) is 9.90 Å². The summed E-state index contributed by atoms with van der Waals surface area (Å²) >= 11 is 0. The third-order valence-corrected chi connectivity index (χ3v) is 7.66. The van der Waals surface area contributed by atoms with Crippen LogP contribution in [0.25, 0.3) is 0 Å². The van der Waals surface area contributed by atoms with Crippen LogP contribution in [0, 0.1) is 23.7 Å². The van der Waals surface area contributed by atoms with Gasteiger partial charge < -0.3 is 15.7 Å². The number of allylic oxidation sites excluding steroid dienone is 1. The second kappa shape index (κ2) is 9.79. The molecule has 5 N–H and O–H groups in total. The van der Waals surface area contributed by atoms with Crippen LogP contribution in [0.3, 0.4) is 0 Å². The molecule has 0 radical (unpaired) electrons. The fourth-order valence-electron chi connectivity index (χ4n) is 5.94. The lowest BCUT2D eigenvalue weighted by Crippen LogP contribution is -2.55. The van der Waals surface area contributed by atoms with Crippen LogP contribution in [0.15, 0.2) is 21.8 Å². The Balaban J connectivity index is 1.49. The van der Waals surface area contributed by atoms with Crippen LogP contribution >= 0.6 is 0 Å². The van der Waals surface area contributed by atoms with Crippen LogP contribution in [0.2, 0.25) is 0 Å². The number of amidine groups is 1. The average Bonchev–Trinajstić information content (AvgIpc) is 2.89. The van der Waals surface area contributed by atoms with Crippen molar-refractivity contribution in [3.05, 3.63) is 11.8 Å². The highest BCUT2D eigenvalue weighted by Gasteiger charge is 2.45. The maximum Gasteiger partial charge on any atom is 0.231 e. The fraction of sp³-hybridized carbons (Fsp3) is 0.783. The second-order valence-electron chi connectivity index (χ2n) is 9.89. The standard InChI is InChI=1S/C23H38N6O2/c1-14-6-3-4-9-18(14)29-17(10-16-8-5-7-15(2)21(16)23(29)31)12-27-28-22-19(30)11-20(24)25-13-26-22/h10,13-16,18-19,21-22,27-28,30H,3-9,11-12H2,1-2H3,(H2,24,25,26). The zero-order valence-electron chi connectivity index (χ0n) is 18.8. The van der Waals surface area contributed by atoms with Gasteiger partial charge in [0.15, 0.2) is 0 Å². The minimum absolute atomic E-state index is 0.119. The zero-order valence-corrected chi connectivity index (χ0v) is 18.8. The fourth-order valence-corrected chi connectivity index (χ4v) is 5.94. The number of carbonyl (C=O) groups excluding carboxylic acids is 1. The highest BCUT2D eigenvalue weighted by atomic mass is 16.3. The van der Waals surface area contributed by atoms with E-state index in [0.29, 0.717) is 36.0 Å². The number of hydrogen-bond donors (Lipinski definition) is 4. The molecular formula is C23H38N6O2. The Kier molecular flexibility index (Phi) is 7.08. The number of nitrogens with zero attached hydrogens (tertiary/aromatic N) is 3. The number of carbonyl (C=O) groups is 1. The molecule has 172 valence electrons. The first-order chi connectivity index (χ1) is 15.0. The molecule has 0 saturated heterocycles. The minimum atomic E-state index is -0.755. The minimum Gasteiger partial charge on any atom is -0.389 e. The van der Waals surface area contributed by atoms with Gasteiger partial charge in [0.2, 0.25) is 5.91 Å². The number of nitrogens with two attached hydrogens (primary N) is 1. The van der Waals surface area contributed by atoms with Crippen LogP contribution in [0.1, 0.15) is 65.2 Å². The van der Waals surface area contributed by atoms with Crippen molar-refractivity contribution in [2.75, 3.05) is 6.54 Å². The summed E-state index contributed by atoms with van der Waals surface area (Å²) in [4.78, 5) is 24.1.